The first-order chi connectivity index (χ1) is 15.2. The van der Waals surface area contributed by atoms with Crippen LogP contribution in [0.3, 0.4) is 0 Å². The molecule has 4 saturated carbocycles. The maximum atomic E-state index is 11.9. The van der Waals surface area contributed by atoms with Crippen molar-refractivity contribution in [3.05, 3.63) is 0 Å². The summed E-state index contributed by atoms with van der Waals surface area (Å²) in [6.07, 6.45) is 12.0. The molecule has 0 aliphatic heterocycles. The Morgan fingerprint density at radius 3 is 2.50 bits per heavy atom. The molecule has 184 valence electrons. The topological polar surface area (TPSA) is 69.6 Å². The van der Waals surface area contributed by atoms with Crippen LogP contribution in [0, 0.1) is 46.3 Å². The van der Waals surface area contributed by atoms with E-state index in [1.807, 2.05) is 6.92 Å². The van der Waals surface area contributed by atoms with E-state index in [2.05, 4.69) is 26.1 Å². The molecule has 0 radical (unpaired) electrons. The minimum atomic E-state index is -0.157. The average Bonchev–Trinajstić information content (AvgIpc) is 3.13. The van der Waals surface area contributed by atoms with Crippen molar-refractivity contribution in [1.82, 2.24) is 5.32 Å². The Hall–Kier alpha value is -0.450. The predicted molar refractivity (Wildman–Crippen MR) is 129 cm³/mol. The van der Waals surface area contributed by atoms with Crippen LogP contribution in [0.2, 0.25) is 0 Å². The van der Waals surface area contributed by atoms with Crippen LogP contribution in [-0.2, 0) is 4.79 Å². The van der Waals surface area contributed by atoms with Crippen molar-refractivity contribution in [1.29, 1.82) is 0 Å². The molecule has 32 heavy (non-hydrogen) atoms. The first-order valence-electron chi connectivity index (χ1n) is 13.8. The average molecular weight is 448 g/mol. The molecule has 4 fully saturated rings. The highest BCUT2D eigenvalue weighted by molar-refractivity contribution is 5.77. The lowest BCUT2D eigenvalue weighted by atomic mass is 9.43. The highest BCUT2D eigenvalue weighted by atomic mass is 16.3. The second-order valence-corrected chi connectivity index (χ2v) is 12.6. The number of ketones is 1. The summed E-state index contributed by atoms with van der Waals surface area (Å²) in [6.45, 7) is 10.4. The van der Waals surface area contributed by atoms with E-state index >= 15 is 0 Å². The fourth-order valence-electron chi connectivity index (χ4n) is 9.42. The Labute approximate surface area is 196 Å². The van der Waals surface area contributed by atoms with Crippen molar-refractivity contribution in [3.8, 4) is 0 Å². The van der Waals surface area contributed by atoms with Gasteiger partial charge in [0, 0.05) is 25.4 Å². The lowest BCUT2D eigenvalue weighted by Gasteiger charge is -2.62. The fourth-order valence-corrected chi connectivity index (χ4v) is 9.42. The van der Waals surface area contributed by atoms with Crippen molar-refractivity contribution < 1.29 is 15.0 Å². The van der Waals surface area contributed by atoms with E-state index in [0.29, 0.717) is 71.1 Å². The number of carbonyl (C=O) groups is 1. The number of nitrogens with one attached hydrogen (secondary N) is 1. The Morgan fingerprint density at radius 2 is 1.78 bits per heavy atom. The molecule has 4 heteroatoms. The van der Waals surface area contributed by atoms with Crippen LogP contribution in [0.25, 0.3) is 0 Å². The molecule has 0 bridgehead atoms. The maximum Gasteiger partial charge on any atom is 0.132 e. The normalized spacial score (nSPS) is 46.8. The number of hydrogen-bond acceptors (Lipinski definition) is 4. The van der Waals surface area contributed by atoms with Crippen LogP contribution in [0.4, 0.5) is 0 Å². The number of hydrogen-bond donors (Lipinski definition) is 3. The Balaban J connectivity index is 1.48. The van der Waals surface area contributed by atoms with E-state index in [-0.39, 0.29) is 12.7 Å². The monoisotopic (exact) mass is 447 g/mol. The summed E-state index contributed by atoms with van der Waals surface area (Å²) in [6, 6.07) is 0.500. The summed E-state index contributed by atoms with van der Waals surface area (Å²) in [7, 11) is 0. The van der Waals surface area contributed by atoms with E-state index in [1.54, 1.807) is 0 Å². The molecule has 4 nitrogen and oxygen atoms in total. The van der Waals surface area contributed by atoms with Crippen molar-refractivity contribution in [2.45, 2.75) is 110 Å². The number of carbonyl (C=O) groups excluding carboxylic acids is 1. The van der Waals surface area contributed by atoms with Crippen molar-refractivity contribution in [2.24, 2.45) is 46.3 Å². The van der Waals surface area contributed by atoms with E-state index in [1.165, 1.54) is 38.5 Å². The SMILES string of the molecule is CCC(=O)CC[C@@H](C)[C@H]1CCC2C3C(O)C[C@@H]4C[C@@H](NCCO)CC[C@]4(C)C3CC[C@@]21C. The highest BCUT2D eigenvalue weighted by Crippen LogP contribution is 2.68. The molecule has 0 aromatic rings. The molecule has 0 heterocycles. The van der Waals surface area contributed by atoms with Crippen LogP contribution in [0.1, 0.15) is 98.3 Å². The van der Waals surface area contributed by atoms with Gasteiger partial charge in [-0.3, -0.25) is 4.79 Å². The van der Waals surface area contributed by atoms with Crippen LogP contribution < -0.4 is 5.32 Å². The third-order valence-corrected chi connectivity index (χ3v) is 11.3. The maximum absolute atomic E-state index is 11.9. The van der Waals surface area contributed by atoms with Gasteiger partial charge in [-0.15, -0.1) is 0 Å². The number of aliphatic hydroxyl groups is 2. The summed E-state index contributed by atoms with van der Waals surface area (Å²) < 4.78 is 0. The summed E-state index contributed by atoms with van der Waals surface area (Å²) in [5, 5.41) is 24.2. The van der Waals surface area contributed by atoms with Gasteiger partial charge in [-0.1, -0.05) is 27.7 Å². The minimum Gasteiger partial charge on any atom is -0.395 e. The molecule has 0 aromatic carbocycles. The van der Waals surface area contributed by atoms with Gasteiger partial charge in [0.1, 0.15) is 5.78 Å². The van der Waals surface area contributed by atoms with E-state index in [0.717, 1.165) is 25.7 Å². The van der Waals surface area contributed by atoms with Gasteiger partial charge >= 0.3 is 0 Å². The quantitative estimate of drug-likeness (QED) is 0.492. The number of fused-ring (bicyclic) bond motifs is 5. The van der Waals surface area contributed by atoms with Gasteiger partial charge in [0.15, 0.2) is 0 Å². The first kappa shape index (κ1) is 24.7. The van der Waals surface area contributed by atoms with Gasteiger partial charge in [-0.2, -0.15) is 0 Å². The van der Waals surface area contributed by atoms with E-state index < -0.39 is 0 Å². The van der Waals surface area contributed by atoms with E-state index in [4.69, 9.17) is 0 Å². The highest BCUT2D eigenvalue weighted by Gasteiger charge is 2.62. The van der Waals surface area contributed by atoms with Gasteiger partial charge in [-0.05, 0) is 104 Å². The molecule has 4 unspecified atom stereocenters. The molecular formula is C28H49NO3. The largest absolute Gasteiger partial charge is 0.395 e. The minimum absolute atomic E-state index is 0.157. The van der Waals surface area contributed by atoms with Crippen LogP contribution in [0.5, 0.6) is 0 Å². The molecule has 10 atom stereocenters. The van der Waals surface area contributed by atoms with Gasteiger partial charge in [0.25, 0.3) is 0 Å². The van der Waals surface area contributed by atoms with Crippen molar-refractivity contribution >= 4 is 5.78 Å². The lowest BCUT2D eigenvalue weighted by Crippen LogP contribution is -2.59. The molecule has 0 spiro atoms. The summed E-state index contributed by atoms with van der Waals surface area (Å²) >= 11 is 0. The second-order valence-electron chi connectivity index (χ2n) is 12.6. The van der Waals surface area contributed by atoms with Crippen molar-refractivity contribution in [3.63, 3.8) is 0 Å². The van der Waals surface area contributed by atoms with Crippen LogP contribution in [0.15, 0.2) is 0 Å². The number of Topliss-reactive ketones (excluding diaryl/α,β-unsaturated/α-hetero) is 1. The predicted octanol–water partition coefficient (Wildman–Crippen LogP) is 4.96. The fraction of sp³-hybridized carbons (Fsp3) is 0.964. The third kappa shape index (κ3) is 4.22. The summed E-state index contributed by atoms with van der Waals surface area (Å²) in [5.74, 6) is 4.09. The summed E-state index contributed by atoms with van der Waals surface area (Å²) in [5.41, 5.74) is 0.694. The number of rotatable bonds is 8. The molecular weight excluding hydrogens is 398 g/mol. The smallest absolute Gasteiger partial charge is 0.132 e. The molecule has 3 N–H and O–H groups in total. The molecule has 0 aromatic heterocycles. The van der Waals surface area contributed by atoms with Crippen LogP contribution >= 0.6 is 0 Å². The second kappa shape index (κ2) is 9.66. The Kier molecular flexibility index (Phi) is 7.45. The number of aliphatic hydroxyl groups excluding tert-OH is 2. The zero-order valence-electron chi connectivity index (χ0n) is 21.1. The third-order valence-electron chi connectivity index (χ3n) is 11.3. The van der Waals surface area contributed by atoms with Gasteiger partial charge in [0.2, 0.25) is 0 Å². The van der Waals surface area contributed by atoms with Gasteiger partial charge in [0.05, 0.1) is 12.7 Å². The Bertz CT molecular complexity index is 667. The molecule has 0 saturated heterocycles. The zero-order chi connectivity index (χ0) is 23.1. The zero-order valence-corrected chi connectivity index (χ0v) is 21.1. The van der Waals surface area contributed by atoms with Crippen LogP contribution in [-0.4, -0.2) is 41.3 Å². The standard InChI is InChI=1S/C28H49NO3/c1-5-21(31)7-6-18(2)22-8-9-23-26-24(11-13-28(22,23)4)27(3)12-10-20(29-14-15-30)16-19(27)17-25(26)32/h18-20,22-26,29-30,32H,5-17H2,1-4H3/t18-,19+,20+,22-,23?,24?,25?,26?,27+,28-/m1/s1. The molecule has 4 aliphatic carbocycles. The van der Waals surface area contributed by atoms with E-state index in [9.17, 15) is 15.0 Å². The Morgan fingerprint density at radius 1 is 1.06 bits per heavy atom. The molecule has 4 aliphatic rings. The first-order valence-corrected chi connectivity index (χ1v) is 13.8. The van der Waals surface area contributed by atoms with Gasteiger partial charge in [-0.25, -0.2) is 0 Å². The lowest BCUT2D eigenvalue weighted by molar-refractivity contribution is -0.167. The molecule has 0 amide bonds. The van der Waals surface area contributed by atoms with Gasteiger partial charge < -0.3 is 15.5 Å². The summed E-state index contributed by atoms with van der Waals surface area (Å²) in [4.78, 5) is 11.9. The molecule has 4 rings (SSSR count). The van der Waals surface area contributed by atoms with Crippen molar-refractivity contribution in [2.75, 3.05) is 13.2 Å².